The zero-order chi connectivity index (χ0) is 16.6. The average Bonchev–Trinajstić information content (AvgIpc) is 2.58. The zero-order valence-corrected chi connectivity index (χ0v) is 13.2. The number of para-hydroxylation sites is 1. The van der Waals surface area contributed by atoms with Gasteiger partial charge in [0.2, 0.25) is 0 Å². The molecular weight excluding hydrogens is 294 g/mol. The number of anilines is 2. The lowest BCUT2D eigenvalue weighted by molar-refractivity contribution is 0.0599. The number of rotatable bonds is 2. The predicted molar refractivity (Wildman–Crippen MR) is 86.4 cm³/mol. The molecule has 0 spiro atoms. The van der Waals surface area contributed by atoms with E-state index in [4.69, 9.17) is 9.47 Å². The van der Waals surface area contributed by atoms with E-state index < -0.39 is 11.9 Å². The molecule has 0 saturated carbocycles. The fourth-order valence-electron chi connectivity index (χ4n) is 2.88. The minimum absolute atomic E-state index is 0.333. The van der Waals surface area contributed by atoms with Crippen LogP contribution in [0.5, 0.6) is 0 Å². The first kappa shape index (κ1) is 15.1. The maximum Gasteiger partial charge on any atom is 0.340 e. The number of aryl methyl sites for hydroxylation is 1. The third-order valence-corrected chi connectivity index (χ3v) is 4.04. The molecule has 0 unspecified atom stereocenters. The Morgan fingerprint density at radius 2 is 1.74 bits per heavy atom. The highest BCUT2D eigenvalue weighted by atomic mass is 16.5. The Hall–Kier alpha value is -2.82. The Bertz CT molecular complexity index is 811. The van der Waals surface area contributed by atoms with Crippen molar-refractivity contribution in [2.24, 2.45) is 0 Å². The van der Waals surface area contributed by atoms with E-state index in [1.165, 1.54) is 20.3 Å². The van der Waals surface area contributed by atoms with Crippen LogP contribution in [0, 0.1) is 6.92 Å². The molecule has 0 radical (unpaired) electrons. The highest BCUT2D eigenvalue weighted by molar-refractivity contribution is 6.02. The summed E-state index contributed by atoms with van der Waals surface area (Å²) in [6.45, 7) is 2.01. The van der Waals surface area contributed by atoms with Crippen molar-refractivity contribution in [3.8, 4) is 0 Å². The van der Waals surface area contributed by atoms with Crippen LogP contribution in [0.3, 0.4) is 0 Å². The van der Waals surface area contributed by atoms with Gasteiger partial charge in [-0.25, -0.2) is 9.59 Å². The van der Waals surface area contributed by atoms with Crippen LogP contribution in [-0.2, 0) is 15.9 Å². The lowest BCUT2D eigenvalue weighted by Crippen LogP contribution is -2.16. The summed E-state index contributed by atoms with van der Waals surface area (Å²) in [7, 11) is 2.64. The molecule has 5 heteroatoms. The van der Waals surface area contributed by atoms with E-state index in [-0.39, 0.29) is 0 Å². The second-order valence-corrected chi connectivity index (χ2v) is 5.45. The summed E-state index contributed by atoms with van der Waals surface area (Å²) in [5.41, 5.74) is 5.44. The summed E-state index contributed by atoms with van der Waals surface area (Å²) in [6, 6.07) is 9.29. The van der Waals surface area contributed by atoms with Crippen LogP contribution >= 0.6 is 0 Å². The van der Waals surface area contributed by atoms with Gasteiger partial charge in [-0.05, 0) is 35.7 Å². The highest BCUT2D eigenvalue weighted by Crippen LogP contribution is 2.38. The normalized spacial score (nSPS) is 11.8. The summed E-state index contributed by atoms with van der Waals surface area (Å²) in [5, 5.41) is 3.32. The minimum atomic E-state index is -0.489. The van der Waals surface area contributed by atoms with E-state index in [1.807, 2.05) is 25.1 Å². The van der Waals surface area contributed by atoms with Crippen molar-refractivity contribution in [1.29, 1.82) is 0 Å². The Morgan fingerprint density at radius 3 is 2.43 bits per heavy atom. The number of methoxy groups -OCH3 is 2. The molecule has 0 atom stereocenters. The van der Waals surface area contributed by atoms with E-state index in [2.05, 4.69) is 5.32 Å². The van der Waals surface area contributed by atoms with Crippen molar-refractivity contribution in [2.75, 3.05) is 19.5 Å². The number of hydrogen-bond acceptors (Lipinski definition) is 5. The fraction of sp³-hybridized carbons (Fsp3) is 0.222. The molecule has 5 nitrogen and oxygen atoms in total. The monoisotopic (exact) mass is 311 g/mol. The molecule has 0 saturated heterocycles. The van der Waals surface area contributed by atoms with Gasteiger partial charge in [0.05, 0.1) is 31.0 Å². The number of esters is 2. The molecule has 0 aromatic heterocycles. The van der Waals surface area contributed by atoms with E-state index in [1.54, 1.807) is 6.07 Å². The van der Waals surface area contributed by atoms with Gasteiger partial charge >= 0.3 is 11.9 Å². The molecule has 1 aliphatic heterocycles. The van der Waals surface area contributed by atoms with Crippen LogP contribution in [0.2, 0.25) is 0 Å². The first-order valence-corrected chi connectivity index (χ1v) is 7.24. The number of carbonyl (C=O) groups excluding carboxylic acids is 2. The number of fused-ring (bicyclic) bond motifs is 2. The van der Waals surface area contributed by atoms with Gasteiger partial charge < -0.3 is 14.8 Å². The standard InChI is InChI=1S/C18H17NO4/c1-10-5-4-6-11-7-12-8-13(17(20)22-2)9-14(18(21)23-3)16(12)19-15(10)11/h4-6,8-9,19H,7H2,1-3H3. The number of nitrogens with one attached hydrogen (secondary N) is 1. The molecule has 0 bridgehead atoms. The summed E-state index contributed by atoms with van der Waals surface area (Å²) in [6.07, 6.45) is 0.633. The van der Waals surface area contributed by atoms with Gasteiger partial charge in [-0.1, -0.05) is 18.2 Å². The number of hydrogen-bond donors (Lipinski definition) is 1. The molecule has 3 rings (SSSR count). The van der Waals surface area contributed by atoms with Gasteiger partial charge in [0, 0.05) is 12.1 Å². The third kappa shape index (κ3) is 2.54. The first-order valence-electron chi connectivity index (χ1n) is 7.24. The maximum absolute atomic E-state index is 12.1. The first-order chi connectivity index (χ1) is 11.0. The van der Waals surface area contributed by atoms with Crippen LogP contribution in [-0.4, -0.2) is 26.2 Å². The second-order valence-electron chi connectivity index (χ2n) is 5.45. The van der Waals surface area contributed by atoms with Gasteiger partial charge in [0.1, 0.15) is 0 Å². The topological polar surface area (TPSA) is 64.6 Å². The van der Waals surface area contributed by atoms with Crippen molar-refractivity contribution >= 4 is 23.3 Å². The number of benzene rings is 2. The highest BCUT2D eigenvalue weighted by Gasteiger charge is 2.25. The van der Waals surface area contributed by atoms with Gasteiger partial charge in [-0.3, -0.25) is 0 Å². The molecule has 118 valence electrons. The molecule has 2 aromatic rings. The van der Waals surface area contributed by atoms with Crippen LogP contribution in [0.1, 0.15) is 37.4 Å². The fourth-order valence-corrected chi connectivity index (χ4v) is 2.88. The lowest BCUT2D eigenvalue weighted by Gasteiger charge is -2.25. The Kier molecular flexibility index (Phi) is 3.78. The van der Waals surface area contributed by atoms with Gasteiger partial charge in [0.25, 0.3) is 0 Å². The van der Waals surface area contributed by atoms with Crippen molar-refractivity contribution in [1.82, 2.24) is 0 Å². The number of carbonyl (C=O) groups is 2. The van der Waals surface area contributed by atoms with E-state index >= 15 is 0 Å². The van der Waals surface area contributed by atoms with E-state index in [0.29, 0.717) is 23.2 Å². The predicted octanol–water partition coefficient (Wildman–Crippen LogP) is 3.22. The van der Waals surface area contributed by atoms with Crippen LogP contribution in [0.15, 0.2) is 30.3 Å². The van der Waals surface area contributed by atoms with Crippen molar-refractivity contribution in [3.05, 3.63) is 58.1 Å². The number of ether oxygens (including phenoxy) is 2. The Balaban J connectivity index is 2.18. The molecular formula is C18H17NO4. The SMILES string of the molecule is COC(=O)c1cc2c(c(C(=O)OC)c1)Nc1c(C)cccc1C2. The molecule has 1 aliphatic rings. The van der Waals surface area contributed by atoms with E-state index in [0.717, 1.165) is 22.4 Å². The molecule has 0 amide bonds. The molecule has 2 aromatic carbocycles. The third-order valence-electron chi connectivity index (χ3n) is 4.04. The van der Waals surface area contributed by atoms with Crippen LogP contribution in [0.4, 0.5) is 11.4 Å². The van der Waals surface area contributed by atoms with Crippen molar-refractivity contribution < 1.29 is 19.1 Å². The second kappa shape index (κ2) is 5.76. The lowest BCUT2D eigenvalue weighted by atomic mass is 9.91. The molecule has 1 heterocycles. The quantitative estimate of drug-likeness (QED) is 0.736. The van der Waals surface area contributed by atoms with Gasteiger partial charge in [-0.15, -0.1) is 0 Å². The molecule has 0 fully saturated rings. The Morgan fingerprint density at radius 1 is 1.00 bits per heavy atom. The summed E-state index contributed by atoms with van der Waals surface area (Å²) in [4.78, 5) is 24.0. The summed E-state index contributed by atoms with van der Waals surface area (Å²) >= 11 is 0. The van der Waals surface area contributed by atoms with Crippen molar-refractivity contribution in [2.45, 2.75) is 13.3 Å². The van der Waals surface area contributed by atoms with Gasteiger partial charge in [0.15, 0.2) is 0 Å². The van der Waals surface area contributed by atoms with Gasteiger partial charge in [-0.2, -0.15) is 0 Å². The summed E-state index contributed by atoms with van der Waals surface area (Å²) < 4.78 is 9.63. The van der Waals surface area contributed by atoms with Crippen LogP contribution in [0.25, 0.3) is 0 Å². The smallest absolute Gasteiger partial charge is 0.340 e. The van der Waals surface area contributed by atoms with Crippen molar-refractivity contribution in [3.63, 3.8) is 0 Å². The van der Waals surface area contributed by atoms with E-state index in [9.17, 15) is 9.59 Å². The molecule has 23 heavy (non-hydrogen) atoms. The average molecular weight is 311 g/mol. The largest absolute Gasteiger partial charge is 0.465 e. The Labute approximate surface area is 134 Å². The summed E-state index contributed by atoms with van der Waals surface area (Å²) in [5.74, 6) is -0.968. The molecule has 1 N–H and O–H groups in total. The minimum Gasteiger partial charge on any atom is -0.465 e. The molecule has 0 aliphatic carbocycles. The zero-order valence-electron chi connectivity index (χ0n) is 13.2. The maximum atomic E-state index is 12.1. The van der Waals surface area contributed by atoms with Crippen LogP contribution < -0.4 is 5.32 Å².